The van der Waals surface area contributed by atoms with Gasteiger partial charge in [-0.05, 0) is 37.6 Å². The van der Waals surface area contributed by atoms with Gasteiger partial charge in [-0.25, -0.2) is 9.48 Å². The molecule has 30 heavy (non-hydrogen) atoms. The molecule has 0 fully saturated rings. The average molecular weight is 404 g/mol. The standard InChI is InChI=1S/C23H24N4O3/c1-3-27(21-12-8-5-9-13-21)23(29)18(2)30-22(28)15-14-20-17-26(25-24-20)16-19-10-6-4-7-11-19/h4-15,17-18H,3,16H2,1-2H3/b15-14+/t18-/m1/s1. The van der Waals surface area contributed by atoms with Crippen LogP contribution in [-0.4, -0.2) is 39.5 Å². The number of likely N-dealkylation sites (N-methyl/N-ethyl adjacent to an activating group) is 1. The number of hydrogen-bond donors (Lipinski definition) is 0. The van der Waals surface area contributed by atoms with E-state index in [2.05, 4.69) is 10.3 Å². The molecule has 0 aliphatic carbocycles. The van der Waals surface area contributed by atoms with Crippen LogP contribution in [0.15, 0.2) is 72.9 Å². The van der Waals surface area contributed by atoms with Gasteiger partial charge in [0.05, 0.1) is 12.7 Å². The molecule has 1 aromatic heterocycles. The van der Waals surface area contributed by atoms with Crippen LogP contribution >= 0.6 is 0 Å². The second-order valence-electron chi connectivity index (χ2n) is 6.66. The Morgan fingerprint density at radius 2 is 1.77 bits per heavy atom. The van der Waals surface area contributed by atoms with Gasteiger partial charge >= 0.3 is 5.97 Å². The van der Waals surface area contributed by atoms with Gasteiger partial charge in [-0.15, -0.1) is 5.10 Å². The maximum atomic E-state index is 12.7. The van der Waals surface area contributed by atoms with E-state index in [9.17, 15) is 9.59 Å². The van der Waals surface area contributed by atoms with E-state index in [1.54, 1.807) is 22.7 Å². The van der Waals surface area contributed by atoms with Crippen molar-refractivity contribution < 1.29 is 14.3 Å². The molecular formula is C23H24N4O3. The summed E-state index contributed by atoms with van der Waals surface area (Å²) in [6, 6.07) is 19.2. The first-order valence-electron chi connectivity index (χ1n) is 9.76. The van der Waals surface area contributed by atoms with Crippen LogP contribution in [0.3, 0.4) is 0 Å². The monoisotopic (exact) mass is 404 g/mol. The number of carbonyl (C=O) groups excluding carboxylic acids is 2. The van der Waals surface area contributed by atoms with Crippen molar-refractivity contribution in [3.63, 3.8) is 0 Å². The quantitative estimate of drug-likeness (QED) is 0.425. The smallest absolute Gasteiger partial charge is 0.331 e. The van der Waals surface area contributed by atoms with Gasteiger partial charge in [-0.3, -0.25) is 4.79 Å². The first-order chi connectivity index (χ1) is 14.6. The number of anilines is 1. The minimum absolute atomic E-state index is 0.278. The molecule has 0 spiro atoms. The van der Waals surface area contributed by atoms with Gasteiger partial charge in [0.1, 0.15) is 5.69 Å². The normalized spacial score (nSPS) is 11.9. The minimum atomic E-state index is -0.906. The van der Waals surface area contributed by atoms with E-state index in [0.29, 0.717) is 18.8 Å². The lowest BCUT2D eigenvalue weighted by Gasteiger charge is -2.24. The highest BCUT2D eigenvalue weighted by Crippen LogP contribution is 2.15. The third-order valence-corrected chi connectivity index (χ3v) is 4.42. The van der Waals surface area contributed by atoms with Gasteiger partial charge in [0.15, 0.2) is 6.10 Å². The van der Waals surface area contributed by atoms with Crippen molar-refractivity contribution in [1.29, 1.82) is 0 Å². The molecule has 0 unspecified atom stereocenters. The van der Waals surface area contributed by atoms with Crippen LogP contribution in [0.1, 0.15) is 25.1 Å². The van der Waals surface area contributed by atoms with Crippen LogP contribution in [0.25, 0.3) is 6.08 Å². The molecule has 0 aliphatic heterocycles. The summed E-state index contributed by atoms with van der Waals surface area (Å²) in [5.74, 6) is -0.892. The van der Waals surface area contributed by atoms with Crippen LogP contribution in [0.4, 0.5) is 5.69 Å². The van der Waals surface area contributed by atoms with Gasteiger partial charge in [-0.1, -0.05) is 53.7 Å². The van der Waals surface area contributed by atoms with E-state index in [0.717, 1.165) is 11.3 Å². The zero-order chi connectivity index (χ0) is 21.3. The molecule has 7 nitrogen and oxygen atoms in total. The summed E-state index contributed by atoms with van der Waals surface area (Å²) in [5, 5.41) is 8.07. The Kier molecular flexibility index (Phi) is 7.10. The number of hydrogen-bond acceptors (Lipinski definition) is 5. The van der Waals surface area contributed by atoms with Crippen molar-refractivity contribution in [1.82, 2.24) is 15.0 Å². The van der Waals surface area contributed by atoms with Crippen LogP contribution in [-0.2, 0) is 20.9 Å². The number of benzene rings is 2. The first-order valence-corrected chi connectivity index (χ1v) is 9.76. The van der Waals surface area contributed by atoms with Gasteiger partial charge in [0.25, 0.3) is 5.91 Å². The maximum absolute atomic E-state index is 12.7. The van der Waals surface area contributed by atoms with Crippen LogP contribution < -0.4 is 4.90 Å². The molecule has 1 amide bonds. The van der Waals surface area contributed by atoms with Crippen molar-refractivity contribution in [3.8, 4) is 0 Å². The molecule has 1 heterocycles. The molecule has 2 aromatic carbocycles. The summed E-state index contributed by atoms with van der Waals surface area (Å²) < 4.78 is 6.95. The summed E-state index contributed by atoms with van der Waals surface area (Å²) in [7, 11) is 0. The van der Waals surface area contributed by atoms with Gasteiger partial charge in [-0.2, -0.15) is 0 Å². The average Bonchev–Trinajstić information content (AvgIpc) is 3.21. The summed E-state index contributed by atoms with van der Waals surface area (Å²) in [6.45, 7) is 4.50. The van der Waals surface area contributed by atoms with Crippen LogP contribution in [0, 0.1) is 0 Å². The third kappa shape index (κ3) is 5.64. The Hall–Kier alpha value is -3.74. The fraction of sp³-hybridized carbons (Fsp3) is 0.217. The number of amides is 1. The van der Waals surface area contributed by atoms with E-state index in [-0.39, 0.29) is 5.91 Å². The lowest BCUT2D eigenvalue weighted by molar-refractivity contribution is -0.149. The van der Waals surface area contributed by atoms with Crippen molar-refractivity contribution in [3.05, 3.63) is 84.2 Å². The number of para-hydroxylation sites is 1. The highest BCUT2D eigenvalue weighted by atomic mass is 16.5. The summed E-state index contributed by atoms with van der Waals surface area (Å²) >= 11 is 0. The molecule has 1 atom stereocenters. The van der Waals surface area contributed by atoms with Gasteiger partial charge < -0.3 is 9.64 Å². The molecule has 0 saturated heterocycles. The molecule has 0 aliphatic rings. The number of nitrogens with zero attached hydrogens (tertiary/aromatic N) is 4. The molecule has 0 N–H and O–H groups in total. The van der Waals surface area contributed by atoms with Gasteiger partial charge in [0.2, 0.25) is 0 Å². The van der Waals surface area contributed by atoms with E-state index in [4.69, 9.17) is 4.74 Å². The van der Waals surface area contributed by atoms with Crippen molar-refractivity contribution in [2.24, 2.45) is 0 Å². The number of ether oxygens (including phenoxy) is 1. The number of carbonyl (C=O) groups is 2. The molecule has 0 bridgehead atoms. The number of aromatic nitrogens is 3. The van der Waals surface area contributed by atoms with Gasteiger partial charge in [0, 0.05) is 18.3 Å². The zero-order valence-corrected chi connectivity index (χ0v) is 17.0. The maximum Gasteiger partial charge on any atom is 0.331 e. The summed E-state index contributed by atoms with van der Waals surface area (Å²) in [6.07, 6.45) is 3.60. The molecule has 0 saturated carbocycles. The van der Waals surface area contributed by atoms with E-state index >= 15 is 0 Å². The summed E-state index contributed by atoms with van der Waals surface area (Å²) in [5.41, 5.74) is 2.39. The highest BCUT2D eigenvalue weighted by molar-refractivity contribution is 5.98. The number of rotatable bonds is 8. The molecule has 7 heteroatoms. The predicted octanol–water partition coefficient (Wildman–Crippen LogP) is 3.32. The van der Waals surface area contributed by atoms with E-state index in [1.165, 1.54) is 12.2 Å². The molecule has 0 radical (unpaired) electrons. The Balaban J connectivity index is 1.55. The number of esters is 1. The second kappa shape index (κ2) is 10.2. The fourth-order valence-electron chi connectivity index (χ4n) is 2.95. The van der Waals surface area contributed by atoms with Crippen molar-refractivity contribution >= 4 is 23.6 Å². The Labute approximate surface area is 175 Å². The van der Waals surface area contributed by atoms with Crippen LogP contribution in [0.2, 0.25) is 0 Å². The Morgan fingerprint density at radius 3 is 2.43 bits per heavy atom. The molecule has 3 aromatic rings. The largest absolute Gasteiger partial charge is 0.449 e. The summed E-state index contributed by atoms with van der Waals surface area (Å²) in [4.78, 5) is 26.4. The third-order valence-electron chi connectivity index (χ3n) is 4.42. The molecule has 3 rings (SSSR count). The van der Waals surface area contributed by atoms with E-state index < -0.39 is 12.1 Å². The van der Waals surface area contributed by atoms with Crippen molar-refractivity contribution in [2.75, 3.05) is 11.4 Å². The lowest BCUT2D eigenvalue weighted by atomic mass is 10.2. The minimum Gasteiger partial charge on any atom is -0.449 e. The predicted molar refractivity (Wildman–Crippen MR) is 115 cm³/mol. The fourth-order valence-corrected chi connectivity index (χ4v) is 2.95. The second-order valence-corrected chi connectivity index (χ2v) is 6.66. The Morgan fingerprint density at radius 1 is 1.10 bits per heavy atom. The first kappa shape index (κ1) is 21.0. The van der Waals surface area contributed by atoms with Crippen LogP contribution in [0.5, 0.6) is 0 Å². The zero-order valence-electron chi connectivity index (χ0n) is 17.0. The SMILES string of the molecule is CCN(C(=O)[C@@H](C)OC(=O)/C=C/c1cn(Cc2ccccc2)nn1)c1ccccc1. The highest BCUT2D eigenvalue weighted by Gasteiger charge is 2.23. The molecular weight excluding hydrogens is 380 g/mol. The lowest BCUT2D eigenvalue weighted by Crippen LogP contribution is -2.39. The Bertz CT molecular complexity index is 1000. The van der Waals surface area contributed by atoms with E-state index in [1.807, 2.05) is 67.6 Å². The topological polar surface area (TPSA) is 77.3 Å². The van der Waals surface area contributed by atoms with Crippen molar-refractivity contribution in [2.45, 2.75) is 26.5 Å². The molecule has 154 valence electrons.